The fourth-order valence-corrected chi connectivity index (χ4v) is 13.9. The van der Waals surface area contributed by atoms with Gasteiger partial charge in [0.25, 0.3) is 0 Å². The summed E-state index contributed by atoms with van der Waals surface area (Å²) < 4.78 is 0. The lowest BCUT2D eigenvalue weighted by Crippen LogP contribution is -2.48. The molecule has 4 saturated carbocycles. The molecule has 0 aromatic carbocycles. The molecular weight excluding hydrogens is 438 g/mol. The second kappa shape index (κ2) is 9.60. The van der Waals surface area contributed by atoms with Crippen molar-refractivity contribution in [2.75, 3.05) is 0 Å². The van der Waals surface area contributed by atoms with Crippen LogP contribution >= 0.6 is 23.5 Å². The van der Waals surface area contributed by atoms with Gasteiger partial charge in [-0.1, -0.05) is 51.0 Å². The van der Waals surface area contributed by atoms with Crippen LogP contribution in [0.4, 0.5) is 0 Å². The fraction of sp³-hybridized carbons (Fsp3) is 0.933. The summed E-state index contributed by atoms with van der Waals surface area (Å²) >= 11 is 4.88. The van der Waals surface area contributed by atoms with Crippen LogP contribution in [0.3, 0.4) is 0 Å². The monoisotopic (exact) mass is 485 g/mol. The predicted octanol–water partition coefficient (Wildman–Crippen LogP) is 8.43. The molecule has 2 aliphatic heterocycles. The van der Waals surface area contributed by atoms with Crippen molar-refractivity contribution in [3.63, 3.8) is 0 Å². The Morgan fingerprint density at radius 2 is 1.21 bits per heavy atom. The van der Waals surface area contributed by atoms with Gasteiger partial charge in [-0.25, -0.2) is 0 Å². The molecule has 0 N–H and O–H groups in total. The molecule has 5 aliphatic carbocycles. The maximum absolute atomic E-state index is 3.16. The zero-order chi connectivity index (χ0) is 21.8. The van der Waals surface area contributed by atoms with E-state index < -0.39 is 0 Å². The number of hydrogen-bond acceptors (Lipinski definition) is 3. The van der Waals surface area contributed by atoms with E-state index in [-0.39, 0.29) is 0 Å². The van der Waals surface area contributed by atoms with Crippen molar-refractivity contribution in [1.82, 2.24) is 4.90 Å². The molecule has 0 amide bonds. The third-order valence-corrected chi connectivity index (χ3v) is 15.0. The molecule has 0 spiro atoms. The summed E-state index contributed by atoms with van der Waals surface area (Å²) in [5.74, 6) is 4.05. The topological polar surface area (TPSA) is 3.24 Å². The van der Waals surface area contributed by atoms with E-state index in [1.54, 1.807) is 12.8 Å². The van der Waals surface area contributed by atoms with E-state index in [2.05, 4.69) is 34.5 Å². The summed E-state index contributed by atoms with van der Waals surface area (Å²) in [6.07, 6.45) is 30.0. The van der Waals surface area contributed by atoms with Gasteiger partial charge in [-0.3, -0.25) is 0 Å². The van der Waals surface area contributed by atoms with E-state index in [0.29, 0.717) is 0 Å². The van der Waals surface area contributed by atoms with Gasteiger partial charge in [0.05, 0.1) is 0 Å². The van der Waals surface area contributed by atoms with Crippen LogP contribution in [0.2, 0.25) is 0 Å². The lowest BCUT2D eigenvalue weighted by molar-refractivity contribution is 0.0798. The molecule has 3 heteroatoms. The number of hydrogen-bond donors (Lipinski definition) is 0. The second-order valence-corrected chi connectivity index (χ2v) is 15.9. The first-order valence-corrected chi connectivity index (χ1v) is 17.0. The molecular formula is C30H47NS2. The average Bonchev–Trinajstić information content (AvgIpc) is 3.43. The van der Waals surface area contributed by atoms with Crippen LogP contribution in [0.5, 0.6) is 0 Å². The maximum Gasteiger partial charge on any atom is 0.0293 e. The van der Waals surface area contributed by atoms with E-state index >= 15 is 0 Å². The zero-order valence-electron chi connectivity index (χ0n) is 20.8. The first-order chi connectivity index (χ1) is 16.3. The highest BCUT2D eigenvalue weighted by molar-refractivity contribution is 8.01. The van der Waals surface area contributed by atoms with Crippen molar-refractivity contribution < 1.29 is 0 Å². The molecule has 9 atom stereocenters. The lowest BCUT2D eigenvalue weighted by Gasteiger charge is -2.49. The Kier molecular flexibility index (Phi) is 6.53. The maximum atomic E-state index is 3.16. The van der Waals surface area contributed by atoms with Gasteiger partial charge in [0.2, 0.25) is 0 Å². The molecule has 0 radical (unpaired) electrons. The Balaban J connectivity index is 1.15. The van der Waals surface area contributed by atoms with E-state index in [0.717, 1.165) is 56.8 Å². The van der Waals surface area contributed by atoms with E-state index in [9.17, 15) is 0 Å². The van der Waals surface area contributed by atoms with Gasteiger partial charge in [-0.15, -0.1) is 0 Å². The largest absolute Gasteiger partial charge is 0.369 e. The molecule has 0 aromatic heterocycles. The average molecular weight is 486 g/mol. The van der Waals surface area contributed by atoms with Crippen molar-refractivity contribution in [3.8, 4) is 0 Å². The molecule has 7 aliphatic rings. The highest BCUT2D eigenvalue weighted by atomic mass is 32.2. The molecule has 9 unspecified atom stereocenters. The van der Waals surface area contributed by atoms with Crippen LogP contribution in [-0.2, 0) is 0 Å². The summed E-state index contributed by atoms with van der Waals surface area (Å²) in [5, 5.41) is 4.01. The summed E-state index contributed by atoms with van der Waals surface area (Å²) in [6, 6.07) is 1.74. The number of nitrogens with zero attached hydrogens (tertiary/aromatic N) is 1. The van der Waals surface area contributed by atoms with Crippen molar-refractivity contribution in [2.45, 2.75) is 149 Å². The molecule has 184 valence electrons. The van der Waals surface area contributed by atoms with E-state index in [4.69, 9.17) is 0 Å². The number of rotatable bonds is 3. The lowest BCUT2D eigenvalue weighted by atomic mass is 9.71. The quantitative estimate of drug-likeness (QED) is 0.395. The van der Waals surface area contributed by atoms with Gasteiger partial charge in [-0.05, 0) is 94.3 Å². The van der Waals surface area contributed by atoms with Crippen LogP contribution < -0.4 is 0 Å². The highest BCUT2D eigenvalue weighted by Gasteiger charge is 2.50. The Morgan fingerprint density at radius 1 is 0.545 bits per heavy atom. The predicted molar refractivity (Wildman–Crippen MR) is 145 cm³/mol. The molecule has 33 heavy (non-hydrogen) atoms. The number of thioether (sulfide) groups is 2. The normalized spacial score (nSPS) is 47.8. The smallest absolute Gasteiger partial charge is 0.0293 e. The zero-order valence-corrected chi connectivity index (χ0v) is 22.5. The number of fused-ring (bicyclic) bond motifs is 6. The molecule has 6 fully saturated rings. The van der Waals surface area contributed by atoms with Gasteiger partial charge in [0, 0.05) is 38.8 Å². The van der Waals surface area contributed by atoms with Gasteiger partial charge < -0.3 is 4.90 Å². The van der Waals surface area contributed by atoms with Crippen LogP contribution in [0.1, 0.15) is 116 Å². The Hall–Kier alpha value is 0.240. The Labute approximate surface area is 212 Å². The number of allylic oxidation sites excluding steroid dienone is 2. The second-order valence-electron chi connectivity index (χ2n) is 12.9. The van der Waals surface area contributed by atoms with Crippen LogP contribution in [0, 0.1) is 23.7 Å². The molecule has 2 saturated heterocycles. The highest BCUT2D eigenvalue weighted by Crippen LogP contribution is 2.57. The van der Waals surface area contributed by atoms with Gasteiger partial charge in [0.1, 0.15) is 0 Å². The van der Waals surface area contributed by atoms with Gasteiger partial charge >= 0.3 is 0 Å². The molecule has 0 aromatic rings. The minimum absolute atomic E-state index is 0.870. The first-order valence-electron chi connectivity index (χ1n) is 15.1. The molecule has 7 rings (SSSR count). The van der Waals surface area contributed by atoms with Gasteiger partial charge in [0.15, 0.2) is 0 Å². The van der Waals surface area contributed by atoms with Crippen LogP contribution in [0.15, 0.2) is 11.8 Å². The van der Waals surface area contributed by atoms with Crippen molar-refractivity contribution in [3.05, 3.63) is 11.8 Å². The molecule has 1 nitrogen and oxygen atoms in total. The SMILES string of the molecule is C1=C(N(C2CCCCC2)C2CCC3SC4CCCCC4C3C2)CCC2SC3CCCCC3C12. The fourth-order valence-electron chi connectivity index (χ4n) is 9.79. The third kappa shape index (κ3) is 4.15. The minimum Gasteiger partial charge on any atom is -0.369 e. The molecule has 2 heterocycles. The molecule has 0 bridgehead atoms. The van der Waals surface area contributed by atoms with Crippen LogP contribution in [-0.4, -0.2) is 38.0 Å². The summed E-state index contributed by atoms with van der Waals surface area (Å²) in [6.45, 7) is 0. The summed E-state index contributed by atoms with van der Waals surface area (Å²) in [5.41, 5.74) is 1.85. The van der Waals surface area contributed by atoms with Crippen molar-refractivity contribution >= 4 is 23.5 Å². The van der Waals surface area contributed by atoms with E-state index in [1.165, 1.54) is 103 Å². The van der Waals surface area contributed by atoms with Crippen molar-refractivity contribution in [1.29, 1.82) is 0 Å². The standard InChI is InChI=1S/C30H47NS2/c1-2-8-20(9-3-1)31(21-14-16-29-25(18-21)23-10-4-6-12-27(23)32-29)22-15-17-30-26(19-22)24-11-5-7-13-28(24)33-30/h18,20,22-30H,1-17,19H2. The third-order valence-electron chi connectivity index (χ3n) is 11.2. The van der Waals surface area contributed by atoms with Crippen LogP contribution in [0.25, 0.3) is 0 Å². The minimum atomic E-state index is 0.870. The summed E-state index contributed by atoms with van der Waals surface area (Å²) in [7, 11) is 0. The summed E-state index contributed by atoms with van der Waals surface area (Å²) in [4.78, 5) is 3.16. The Bertz CT molecular complexity index is 729. The van der Waals surface area contributed by atoms with Gasteiger partial charge in [-0.2, -0.15) is 23.5 Å². The van der Waals surface area contributed by atoms with E-state index in [1.807, 2.05) is 5.70 Å². The first kappa shape index (κ1) is 22.4. The van der Waals surface area contributed by atoms with Crippen molar-refractivity contribution in [2.24, 2.45) is 23.7 Å². The Morgan fingerprint density at radius 3 is 2.06 bits per heavy atom.